The summed E-state index contributed by atoms with van der Waals surface area (Å²) in [4.78, 5) is 22.8. The number of carbonyl (C=O) groups is 2. The quantitative estimate of drug-likeness (QED) is 0.295. The number of hydrogen-bond acceptors (Lipinski definition) is 6. The SMILES string of the molecule is CCOc1ccc(-c2cnc(NCc3cc(Cl)ccc3O)n2CC(C)CC)cc1.O=C(O)C(=O)O. The molecule has 1 aromatic heterocycles. The Morgan fingerprint density at radius 1 is 1.11 bits per heavy atom. The first-order chi connectivity index (χ1) is 16.7. The van der Waals surface area contributed by atoms with Crippen molar-refractivity contribution in [1.82, 2.24) is 9.55 Å². The number of anilines is 1. The molecule has 188 valence electrons. The topological polar surface area (TPSA) is 134 Å². The van der Waals surface area contributed by atoms with E-state index in [4.69, 9.17) is 36.1 Å². The molecule has 3 rings (SSSR count). The van der Waals surface area contributed by atoms with E-state index in [1.54, 1.807) is 18.2 Å². The zero-order valence-electron chi connectivity index (χ0n) is 19.9. The van der Waals surface area contributed by atoms with Crippen LogP contribution in [-0.2, 0) is 22.7 Å². The number of imidazole rings is 1. The van der Waals surface area contributed by atoms with Gasteiger partial charge in [-0.25, -0.2) is 14.6 Å². The van der Waals surface area contributed by atoms with E-state index in [1.165, 1.54) is 0 Å². The van der Waals surface area contributed by atoms with Crippen LogP contribution in [0.1, 0.15) is 32.8 Å². The fourth-order valence-corrected chi connectivity index (χ4v) is 3.33. The summed E-state index contributed by atoms with van der Waals surface area (Å²) in [5, 5.41) is 28.8. The maximum atomic E-state index is 10.1. The summed E-state index contributed by atoms with van der Waals surface area (Å²) >= 11 is 6.07. The maximum absolute atomic E-state index is 10.1. The van der Waals surface area contributed by atoms with Crippen LogP contribution in [0.25, 0.3) is 11.3 Å². The minimum atomic E-state index is -1.82. The Hall–Kier alpha value is -3.72. The molecule has 0 spiro atoms. The van der Waals surface area contributed by atoms with Crippen LogP contribution < -0.4 is 10.1 Å². The van der Waals surface area contributed by atoms with E-state index in [9.17, 15) is 5.11 Å². The number of nitrogens with one attached hydrogen (secondary N) is 1. The monoisotopic (exact) mass is 503 g/mol. The Kier molecular flexibility index (Phi) is 10.4. The number of halogens is 1. The predicted octanol–water partition coefficient (Wildman–Crippen LogP) is 5.12. The van der Waals surface area contributed by atoms with Gasteiger partial charge in [-0.15, -0.1) is 0 Å². The first-order valence-electron chi connectivity index (χ1n) is 11.1. The van der Waals surface area contributed by atoms with Crippen molar-refractivity contribution in [2.75, 3.05) is 11.9 Å². The average Bonchev–Trinajstić information content (AvgIpc) is 3.22. The molecule has 0 radical (unpaired) electrons. The Labute approximate surface area is 209 Å². The summed E-state index contributed by atoms with van der Waals surface area (Å²) in [7, 11) is 0. The molecule has 9 nitrogen and oxygen atoms in total. The second-order valence-electron chi connectivity index (χ2n) is 7.79. The Balaban J connectivity index is 0.000000641. The van der Waals surface area contributed by atoms with Gasteiger partial charge in [0.1, 0.15) is 11.5 Å². The molecule has 0 aliphatic rings. The zero-order valence-corrected chi connectivity index (χ0v) is 20.6. The van der Waals surface area contributed by atoms with E-state index >= 15 is 0 Å². The van der Waals surface area contributed by atoms with Gasteiger partial charge >= 0.3 is 11.9 Å². The van der Waals surface area contributed by atoms with E-state index in [-0.39, 0.29) is 5.75 Å². The lowest BCUT2D eigenvalue weighted by Gasteiger charge is -2.17. The van der Waals surface area contributed by atoms with Gasteiger partial charge in [0.2, 0.25) is 5.95 Å². The van der Waals surface area contributed by atoms with Crippen molar-refractivity contribution in [1.29, 1.82) is 0 Å². The van der Waals surface area contributed by atoms with E-state index in [1.807, 2.05) is 25.3 Å². The smallest absolute Gasteiger partial charge is 0.414 e. The van der Waals surface area contributed by atoms with Crippen molar-refractivity contribution in [2.24, 2.45) is 5.92 Å². The summed E-state index contributed by atoms with van der Waals surface area (Å²) in [6, 6.07) is 13.1. The Morgan fingerprint density at radius 3 is 2.34 bits per heavy atom. The molecular weight excluding hydrogens is 474 g/mol. The number of aliphatic carboxylic acids is 2. The molecule has 0 bridgehead atoms. The molecule has 1 atom stereocenters. The number of aromatic nitrogens is 2. The highest BCUT2D eigenvalue weighted by Crippen LogP contribution is 2.28. The molecular formula is C25H30ClN3O6. The lowest BCUT2D eigenvalue weighted by molar-refractivity contribution is -0.159. The average molecular weight is 504 g/mol. The van der Waals surface area contributed by atoms with Gasteiger partial charge < -0.3 is 29.9 Å². The first-order valence-corrected chi connectivity index (χ1v) is 11.5. The number of rotatable bonds is 9. The second-order valence-corrected chi connectivity index (χ2v) is 8.22. The van der Waals surface area contributed by atoms with Gasteiger partial charge in [0, 0.05) is 29.2 Å². The highest BCUT2D eigenvalue weighted by Gasteiger charge is 2.15. The standard InChI is InChI=1S/C23H28ClN3O2.C2H2O4/c1-4-16(3)15-27-21(17-6-9-20(10-7-17)29-5-2)14-26-23(27)25-13-18-12-19(24)8-11-22(18)28;3-1(4)2(5)6/h6-12,14,16,28H,4-5,13,15H2,1-3H3,(H,25,26);(H,3,4)(H,5,6). The maximum Gasteiger partial charge on any atom is 0.414 e. The fraction of sp³-hybridized carbons (Fsp3) is 0.320. The van der Waals surface area contributed by atoms with Crippen LogP contribution in [0.15, 0.2) is 48.7 Å². The third kappa shape index (κ3) is 8.22. The first kappa shape index (κ1) is 27.5. The van der Waals surface area contributed by atoms with Crippen molar-refractivity contribution in [3.05, 3.63) is 59.2 Å². The van der Waals surface area contributed by atoms with Crippen LogP contribution in [0.2, 0.25) is 5.02 Å². The fourth-order valence-electron chi connectivity index (χ4n) is 3.13. The molecule has 2 aromatic carbocycles. The number of phenols is 1. The summed E-state index contributed by atoms with van der Waals surface area (Å²) in [6.07, 6.45) is 2.97. The molecule has 0 fully saturated rings. The third-order valence-corrected chi connectivity index (χ3v) is 5.40. The van der Waals surface area contributed by atoms with Crippen molar-refractivity contribution in [3.63, 3.8) is 0 Å². The molecule has 0 aliphatic carbocycles. The summed E-state index contributed by atoms with van der Waals surface area (Å²) < 4.78 is 7.75. The van der Waals surface area contributed by atoms with Gasteiger partial charge in [-0.2, -0.15) is 0 Å². The summed E-state index contributed by atoms with van der Waals surface area (Å²) in [5.74, 6) is -1.29. The van der Waals surface area contributed by atoms with Gasteiger partial charge in [-0.05, 0) is 55.3 Å². The van der Waals surface area contributed by atoms with E-state index < -0.39 is 11.9 Å². The van der Waals surface area contributed by atoms with Crippen LogP contribution >= 0.6 is 11.6 Å². The molecule has 10 heteroatoms. The molecule has 3 aromatic rings. The summed E-state index contributed by atoms with van der Waals surface area (Å²) in [5.41, 5.74) is 2.87. The van der Waals surface area contributed by atoms with E-state index in [2.05, 4.69) is 40.8 Å². The van der Waals surface area contributed by atoms with Crippen molar-refractivity contribution in [3.8, 4) is 22.8 Å². The predicted molar refractivity (Wildman–Crippen MR) is 134 cm³/mol. The van der Waals surface area contributed by atoms with Crippen LogP contribution in [0.5, 0.6) is 11.5 Å². The minimum absolute atomic E-state index is 0.216. The highest BCUT2D eigenvalue weighted by molar-refractivity contribution is 6.30. The molecule has 35 heavy (non-hydrogen) atoms. The van der Waals surface area contributed by atoms with Crippen LogP contribution in [0.4, 0.5) is 5.95 Å². The lowest BCUT2D eigenvalue weighted by atomic mass is 10.1. The van der Waals surface area contributed by atoms with E-state index in [0.29, 0.717) is 24.1 Å². The number of hydrogen-bond donors (Lipinski definition) is 4. The molecule has 1 heterocycles. The van der Waals surface area contributed by atoms with Gasteiger partial charge in [-0.3, -0.25) is 0 Å². The third-order valence-electron chi connectivity index (χ3n) is 5.17. The van der Waals surface area contributed by atoms with Crippen molar-refractivity contribution < 1.29 is 29.6 Å². The van der Waals surface area contributed by atoms with Gasteiger partial charge in [0.25, 0.3) is 0 Å². The number of carboxylic acids is 2. The largest absolute Gasteiger partial charge is 0.508 e. The summed E-state index contributed by atoms with van der Waals surface area (Å²) in [6.45, 7) is 8.33. The van der Waals surface area contributed by atoms with Crippen LogP contribution in [-0.4, -0.2) is 43.4 Å². The molecule has 0 saturated carbocycles. The number of ether oxygens (including phenoxy) is 1. The highest BCUT2D eigenvalue weighted by atomic mass is 35.5. The Bertz CT molecular complexity index is 1120. The van der Waals surface area contributed by atoms with Crippen LogP contribution in [0, 0.1) is 5.92 Å². The molecule has 0 amide bonds. The number of aromatic hydroxyl groups is 1. The molecule has 0 saturated heterocycles. The minimum Gasteiger partial charge on any atom is -0.508 e. The number of phenolic OH excluding ortho intramolecular Hbond substituents is 1. The Morgan fingerprint density at radius 2 is 1.77 bits per heavy atom. The normalized spacial score (nSPS) is 11.2. The number of carboxylic acid groups (broad SMARTS) is 2. The number of benzene rings is 2. The zero-order chi connectivity index (χ0) is 26.0. The van der Waals surface area contributed by atoms with Gasteiger partial charge in [-0.1, -0.05) is 31.9 Å². The van der Waals surface area contributed by atoms with Crippen molar-refractivity contribution in [2.45, 2.75) is 40.3 Å². The van der Waals surface area contributed by atoms with Crippen LogP contribution in [0.3, 0.4) is 0 Å². The molecule has 0 aliphatic heterocycles. The molecule has 1 unspecified atom stereocenters. The van der Waals surface area contributed by atoms with Crippen molar-refractivity contribution >= 4 is 29.5 Å². The van der Waals surface area contributed by atoms with E-state index in [0.717, 1.165) is 41.5 Å². The number of nitrogens with zero attached hydrogens (tertiary/aromatic N) is 2. The molecule has 4 N–H and O–H groups in total. The van der Waals surface area contributed by atoms with Gasteiger partial charge in [0.05, 0.1) is 18.5 Å². The lowest BCUT2D eigenvalue weighted by Crippen LogP contribution is -2.13. The second kappa shape index (κ2) is 13.2. The van der Waals surface area contributed by atoms with Gasteiger partial charge in [0.15, 0.2) is 0 Å².